The van der Waals surface area contributed by atoms with Gasteiger partial charge >= 0.3 is 17.9 Å². The molecule has 0 unspecified atom stereocenters. The maximum Gasteiger partial charge on any atom is 0.302 e. The van der Waals surface area contributed by atoms with Crippen LogP contribution >= 0.6 is 0 Å². The Hall–Kier alpha value is -1.63. The average Bonchev–Trinajstić information content (AvgIpc) is 3.04. The highest BCUT2D eigenvalue weighted by atomic mass is 16.6. The fourth-order valence-electron chi connectivity index (χ4n) is 9.10. The first-order chi connectivity index (χ1) is 15.8. The van der Waals surface area contributed by atoms with Crippen molar-refractivity contribution in [2.24, 2.45) is 34.5 Å². The second-order valence-corrected chi connectivity index (χ2v) is 12.1. The minimum absolute atomic E-state index is 0.0503. The van der Waals surface area contributed by atoms with E-state index in [1.165, 1.54) is 20.8 Å². The van der Waals surface area contributed by atoms with Crippen LogP contribution in [0.25, 0.3) is 0 Å². The number of carbonyl (C=O) groups excluding carboxylic acids is 3. The van der Waals surface area contributed by atoms with Crippen molar-refractivity contribution in [3.8, 4) is 0 Å². The summed E-state index contributed by atoms with van der Waals surface area (Å²) in [5, 5.41) is 12.0. The van der Waals surface area contributed by atoms with E-state index in [2.05, 4.69) is 13.8 Å². The van der Waals surface area contributed by atoms with Crippen molar-refractivity contribution in [3.05, 3.63) is 0 Å². The molecule has 1 N–H and O–H groups in total. The molecule has 4 aliphatic rings. The molecule has 0 aromatic heterocycles. The topological polar surface area (TPSA) is 99.1 Å². The van der Waals surface area contributed by atoms with Gasteiger partial charge in [-0.1, -0.05) is 13.8 Å². The molecule has 10 atom stereocenters. The number of hydrogen-bond donors (Lipinski definition) is 1. The number of fused-ring (bicyclic) bond motifs is 5. The molecule has 4 fully saturated rings. The van der Waals surface area contributed by atoms with E-state index in [0.29, 0.717) is 37.5 Å². The van der Waals surface area contributed by atoms with E-state index in [9.17, 15) is 19.5 Å². The van der Waals surface area contributed by atoms with Crippen LogP contribution in [0.15, 0.2) is 0 Å². The molecule has 0 aliphatic heterocycles. The molecule has 0 heterocycles. The fourth-order valence-corrected chi connectivity index (χ4v) is 9.10. The summed E-state index contributed by atoms with van der Waals surface area (Å²) in [5.41, 5.74) is -1.48. The third kappa shape index (κ3) is 4.06. The van der Waals surface area contributed by atoms with Crippen molar-refractivity contribution >= 4 is 17.9 Å². The molecule has 7 heteroatoms. The van der Waals surface area contributed by atoms with Crippen molar-refractivity contribution in [1.29, 1.82) is 0 Å². The van der Waals surface area contributed by atoms with E-state index in [4.69, 9.17) is 14.2 Å². The summed E-state index contributed by atoms with van der Waals surface area (Å²) in [6, 6.07) is 0. The van der Waals surface area contributed by atoms with Crippen molar-refractivity contribution in [2.75, 3.05) is 0 Å². The zero-order valence-corrected chi connectivity index (χ0v) is 21.6. The van der Waals surface area contributed by atoms with E-state index in [0.717, 1.165) is 25.7 Å². The lowest BCUT2D eigenvalue weighted by molar-refractivity contribution is -0.252. The number of rotatable bonds is 4. The second-order valence-electron chi connectivity index (χ2n) is 12.1. The smallest absolute Gasteiger partial charge is 0.302 e. The van der Waals surface area contributed by atoms with E-state index >= 15 is 0 Å². The predicted octanol–water partition coefficient (Wildman–Crippen LogP) is 4.19. The maximum absolute atomic E-state index is 12.2. The molecule has 0 aromatic carbocycles. The van der Waals surface area contributed by atoms with Crippen LogP contribution in [0.2, 0.25) is 0 Å². The Balaban J connectivity index is 1.67. The molecule has 4 saturated carbocycles. The Morgan fingerprint density at radius 1 is 0.882 bits per heavy atom. The summed E-state index contributed by atoms with van der Waals surface area (Å²) < 4.78 is 17.2. The zero-order valence-electron chi connectivity index (χ0n) is 21.6. The lowest BCUT2D eigenvalue weighted by atomic mass is 9.42. The van der Waals surface area contributed by atoms with Crippen LogP contribution in [-0.2, 0) is 28.6 Å². The van der Waals surface area contributed by atoms with Gasteiger partial charge in [-0.05, 0) is 69.1 Å². The van der Waals surface area contributed by atoms with Gasteiger partial charge < -0.3 is 19.3 Å². The molecule has 4 aliphatic carbocycles. The summed E-state index contributed by atoms with van der Waals surface area (Å²) >= 11 is 0. The highest BCUT2D eigenvalue weighted by molar-refractivity contribution is 5.67. The van der Waals surface area contributed by atoms with Crippen LogP contribution in [0.1, 0.15) is 92.9 Å². The molecule has 0 saturated heterocycles. The third-order valence-corrected chi connectivity index (χ3v) is 10.3. The van der Waals surface area contributed by atoms with Crippen LogP contribution in [-0.4, -0.2) is 46.9 Å². The van der Waals surface area contributed by atoms with E-state index in [1.807, 2.05) is 6.92 Å². The zero-order chi connectivity index (χ0) is 25.1. The van der Waals surface area contributed by atoms with Gasteiger partial charge in [-0.15, -0.1) is 0 Å². The lowest BCUT2D eigenvalue weighted by Gasteiger charge is -2.65. The summed E-state index contributed by atoms with van der Waals surface area (Å²) in [4.78, 5) is 35.5. The van der Waals surface area contributed by atoms with Gasteiger partial charge in [0.2, 0.25) is 0 Å². The molecule has 0 spiro atoms. The van der Waals surface area contributed by atoms with Crippen molar-refractivity contribution in [2.45, 2.75) is 117 Å². The van der Waals surface area contributed by atoms with Gasteiger partial charge in [-0.3, -0.25) is 14.4 Å². The highest BCUT2D eigenvalue weighted by Crippen LogP contribution is 2.69. The Morgan fingerprint density at radius 2 is 1.56 bits per heavy atom. The van der Waals surface area contributed by atoms with Crippen LogP contribution in [0.3, 0.4) is 0 Å². The normalized spacial score (nSPS) is 46.3. The predicted molar refractivity (Wildman–Crippen MR) is 124 cm³/mol. The van der Waals surface area contributed by atoms with Crippen LogP contribution in [0, 0.1) is 34.5 Å². The Kier molecular flexibility index (Phi) is 6.58. The first kappa shape index (κ1) is 25.5. The lowest BCUT2D eigenvalue weighted by Crippen LogP contribution is -2.67. The quantitative estimate of drug-likeness (QED) is 0.478. The Morgan fingerprint density at radius 3 is 2.18 bits per heavy atom. The van der Waals surface area contributed by atoms with Gasteiger partial charge in [0.25, 0.3) is 0 Å². The van der Waals surface area contributed by atoms with Gasteiger partial charge in [0, 0.05) is 44.4 Å². The molecule has 0 amide bonds. The maximum atomic E-state index is 12.2. The summed E-state index contributed by atoms with van der Waals surface area (Å²) in [6.45, 7) is 10.8. The molecule has 0 bridgehead atoms. The Labute approximate surface area is 203 Å². The molecule has 4 rings (SSSR count). The minimum Gasteiger partial charge on any atom is -0.463 e. The standard InChI is InChI=1S/C27H42O7/c1-15(32-16(2)28)21-7-8-22-20-10-12-27(31)13-19(33-17(3)29)9-11-26(27,6)24(20)23(34-18(4)30)14-25(21,22)5/h15,19-24,31H,7-14H2,1-6H3/t15-,19-,20+,21+,22-,23-,24-,25-,26-,27+/m1/s1. The largest absolute Gasteiger partial charge is 0.463 e. The van der Waals surface area contributed by atoms with Gasteiger partial charge in [0.15, 0.2) is 0 Å². The number of aliphatic hydroxyl groups is 1. The summed E-state index contributed by atoms with van der Waals surface area (Å²) in [5.74, 6) is 0.163. The average molecular weight is 479 g/mol. The van der Waals surface area contributed by atoms with Crippen LogP contribution in [0.5, 0.6) is 0 Å². The molecule has 0 radical (unpaired) electrons. The summed E-state index contributed by atoms with van der Waals surface area (Å²) in [6.07, 6.45) is 5.41. The van der Waals surface area contributed by atoms with Gasteiger partial charge in [0.1, 0.15) is 18.3 Å². The first-order valence-electron chi connectivity index (χ1n) is 13.0. The Bertz CT molecular complexity index is 841. The molecule has 34 heavy (non-hydrogen) atoms. The van der Waals surface area contributed by atoms with Gasteiger partial charge in [-0.25, -0.2) is 0 Å². The van der Waals surface area contributed by atoms with E-state index in [-0.39, 0.29) is 53.5 Å². The number of carbonyl (C=O) groups is 3. The molecular weight excluding hydrogens is 436 g/mol. The second kappa shape index (κ2) is 8.79. The third-order valence-electron chi connectivity index (χ3n) is 10.3. The monoisotopic (exact) mass is 478 g/mol. The summed E-state index contributed by atoms with van der Waals surface area (Å²) in [7, 11) is 0. The first-order valence-corrected chi connectivity index (χ1v) is 13.0. The molecular formula is C27H42O7. The number of hydrogen-bond acceptors (Lipinski definition) is 7. The molecule has 192 valence electrons. The SMILES string of the molecule is CC(=O)O[C@@H]1CC[C@]2(C)[C@@H]3[C@@H](CC[C@]2(O)C1)[C@H]1CC[C@@H]([C@@H](C)OC(C)=O)[C@@]1(C)C[C@H]3OC(C)=O. The van der Waals surface area contributed by atoms with E-state index < -0.39 is 11.0 Å². The minimum atomic E-state index is -0.957. The van der Waals surface area contributed by atoms with Crippen molar-refractivity contribution in [1.82, 2.24) is 0 Å². The van der Waals surface area contributed by atoms with Gasteiger partial charge in [-0.2, -0.15) is 0 Å². The number of ether oxygens (including phenoxy) is 3. The van der Waals surface area contributed by atoms with Crippen molar-refractivity contribution in [3.63, 3.8) is 0 Å². The van der Waals surface area contributed by atoms with Crippen LogP contribution in [0.4, 0.5) is 0 Å². The highest BCUT2D eigenvalue weighted by Gasteiger charge is 2.68. The number of esters is 3. The molecule has 7 nitrogen and oxygen atoms in total. The van der Waals surface area contributed by atoms with E-state index in [1.54, 1.807) is 0 Å². The molecule has 0 aromatic rings. The fraction of sp³-hybridized carbons (Fsp3) is 0.889. The van der Waals surface area contributed by atoms with Crippen LogP contribution < -0.4 is 0 Å². The van der Waals surface area contributed by atoms with Crippen molar-refractivity contribution < 1.29 is 33.7 Å². The van der Waals surface area contributed by atoms with Gasteiger partial charge in [0.05, 0.1) is 5.60 Å².